The highest BCUT2D eigenvalue weighted by atomic mass is 35.5. The quantitative estimate of drug-likeness (QED) is 0.298. The molecule has 1 aliphatic rings. The lowest BCUT2D eigenvalue weighted by Crippen LogP contribution is -2.39. The highest BCUT2D eigenvalue weighted by molar-refractivity contribution is 6.34. The Labute approximate surface area is 238 Å². The van der Waals surface area contributed by atoms with Crippen molar-refractivity contribution in [3.05, 3.63) is 114 Å². The molecule has 1 aliphatic heterocycles. The van der Waals surface area contributed by atoms with Gasteiger partial charge in [-0.25, -0.2) is 18.1 Å². The van der Waals surface area contributed by atoms with Crippen LogP contribution in [0.5, 0.6) is 0 Å². The van der Waals surface area contributed by atoms with E-state index in [9.17, 15) is 18.8 Å². The largest absolute Gasteiger partial charge is 0.336 e. The Hall–Kier alpha value is -4.12. The minimum Gasteiger partial charge on any atom is -0.325 e. The zero-order valence-corrected chi connectivity index (χ0v) is 22.3. The molecule has 0 bridgehead atoms. The van der Waals surface area contributed by atoms with Crippen molar-refractivity contribution in [3.63, 3.8) is 0 Å². The molecule has 1 amide bonds. The second-order valence-electron chi connectivity index (χ2n) is 9.03. The second kappa shape index (κ2) is 9.81. The first-order valence-electron chi connectivity index (χ1n) is 11.6. The zero-order chi connectivity index (χ0) is 28.3. The van der Waals surface area contributed by atoms with Crippen molar-refractivity contribution in [2.45, 2.75) is 13.0 Å². The third-order valence-electron chi connectivity index (χ3n) is 6.46. The normalized spacial score (nSPS) is 12.6. The fraction of sp³-hybridized carbons (Fsp3) is 0.0741. The molecule has 0 atom stereocenters. The van der Waals surface area contributed by atoms with Gasteiger partial charge in [0, 0.05) is 17.4 Å². The fourth-order valence-electron chi connectivity index (χ4n) is 4.67. The van der Waals surface area contributed by atoms with Crippen LogP contribution in [0.25, 0.3) is 27.7 Å². The highest BCUT2D eigenvalue weighted by Gasteiger charge is 2.23. The lowest BCUT2D eigenvalue weighted by molar-refractivity contribution is -0.115. The SMILES string of the molecule is O=C1Cc2cc(-c3cc(F)c4c(=O)n(-c5cncc(Cl)c5)c(=O)n(Cc5cc(Cl)c(F)cn5)c4c3)c(Cl)cc2N1. The molecule has 0 saturated heterocycles. The summed E-state index contributed by atoms with van der Waals surface area (Å²) in [6.45, 7) is -0.289. The topological polar surface area (TPSA) is 98.9 Å². The van der Waals surface area contributed by atoms with Crippen LogP contribution in [0.2, 0.25) is 15.1 Å². The lowest BCUT2D eigenvalue weighted by Gasteiger charge is -2.16. The van der Waals surface area contributed by atoms with E-state index in [2.05, 4.69) is 15.3 Å². The number of rotatable bonds is 4. The Bertz CT molecular complexity index is 2030. The van der Waals surface area contributed by atoms with Crippen molar-refractivity contribution in [1.82, 2.24) is 19.1 Å². The van der Waals surface area contributed by atoms with E-state index in [0.717, 1.165) is 21.4 Å². The molecule has 200 valence electrons. The molecule has 3 aromatic heterocycles. The van der Waals surface area contributed by atoms with Crippen LogP contribution in [-0.4, -0.2) is 25.0 Å². The van der Waals surface area contributed by atoms with Crippen molar-refractivity contribution < 1.29 is 13.6 Å². The Morgan fingerprint density at radius 1 is 0.900 bits per heavy atom. The second-order valence-corrected chi connectivity index (χ2v) is 10.3. The maximum atomic E-state index is 15.8. The number of fused-ring (bicyclic) bond motifs is 2. The summed E-state index contributed by atoms with van der Waals surface area (Å²) in [6, 6.07) is 8.36. The summed E-state index contributed by atoms with van der Waals surface area (Å²) in [5.41, 5.74) is 0.204. The third kappa shape index (κ3) is 4.43. The first kappa shape index (κ1) is 26.1. The van der Waals surface area contributed by atoms with Crippen LogP contribution >= 0.6 is 34.8 Å². The molecule has 0 unspecified atom stereocenters. The minimum atomic E-state index is -0.940. The van der Waals surface area contributed by atoms with Gasteiger partial charge in [-0.15, -0.1) is 0 Å². The number of aromatic nitrogens is 4. The summed E-state index contributed by atoms with van der Waals surface area (Å²) in [4.78, 5) is 47.2. The summed E-state index contributed by atoms with van der Waals surface area (Å²) >= 11 is 18.5. The Morgan fingerprint density at radius 3 is 2.45 bits per heavy atom. The van der Waals surface area contributed by atoms with Crippen LogP contribution in [0.3, 0.4) is 0 Å². The van der Waals surface area contributed by atoms with E-state index in [4.69, 9.17) is 34.8 Å². The van der Waals surface area contributed by atoms with Gasteiger partial charge >= 0.3 is 5.69 Å². The van der Waals surface area contributed by atoms with E-state index in [-0.39, 0.29) is 56.4 Å². The molecule has 13 heteroatoms. The molecule has 4 heterocycles. The number of carbonyl (C=O) groups is 1. The van der Waals surface area contributed by atoms with Crippen LogP contribution in [-0.2, 0) is 17.8 Å². The zero-order valence-electron chi connectivity index (χ0n) is 20.0. The van der Waals surface area contributed by atoms with Crippen molar-refractivity contribution in [1.29, 1.82) is 0 Å². The maximum Gasteiger partial charge on any atom is 0.336 e. The van der Waals surface area contributed by atoms with Crippen molar-refractivity contribution in [3.8, 4) is 16.8 Å². The van der Waals surface area contributed by atoms with Crippen LogP contribution < -0.4 is 16.6 Å². The van der Waals surface area contributed by atoms with E-state index in [1.807, 2.05) is 0 Å². The number of hydrogen-bond donors (Lipinski definition) is 1. The van der Waals surface area contributed by atoms with Gasteiger partial charge in [-0.3, -0.25) is 24.1 Å². The molecule has 0 fully saturated rings. The number of nitrogens with zero attached hydrogens (tertiary/aromatic N) is 4. The maximum absolute atomic E-state index is 15.8. The van der Waals surface area contributed by atoms with Gasteiger partial charge in [0.05, 0.1) is 57.3 Å². The standard InChI is InChI=1S/C27H14Cl3F2N5O3/c28-14-5-16(9-33-8-14)37-26(39)25-20(31)2-12(17-1-13-4-24(38)35-22(13)7-18(17)29)3-23(25)36(27(37)40)11-15-6-19(30)21(32)10-34-15/h1-3,5-10H,4,11H2,(H,35,38). The molecule has 1 N–H and O–H groups in total. The number of pyridine rings is 2. The van der Waals surface area contributed by atoms with E-state index in [0.29, 0.717) is 16.8 Å². The van der Waals surface area contributed by atoms with Crippen LogP contribution in [0.1, 0.15) is 11.3 Å². The Balaban J connectivity index is 1.65. The molecule has 0 radical (unpaired) electrons. The van der Waals surface area contributed by atoms with E-state index < -0.39 is 28.3 Å². The van der Waals surface area contributed by atoms with Crippen LogP contribution in [0.4, 0.5) is 14.5 Å². The van der Waals surface area contributed by atoms with Gasteiger partial charge in [0.15, 0.2) is 5.82 Å². The molecule has 0 saturated carbocycles. The van der Waals surface area contributed by atoms with Gasteiger partial charge in [0.1, 0.15) is 11.2 Å². The summed E-state index contributed by atoms with van der Waals surface area (Å²) in [5.74, 6) is -1.89. The number of amides is 1. The molecule has 0 spiro atoms. The lowest BCUT2D eigenvalue weighted by atomic mass is 10.00. The van der Waals surface area contributed by atoms with E-state index in [1.54, 1.807) is 12.1 Å². The summed E-state index contributed by atoms with van der Waals surface area (Å²) < 4.78 is 31.5. The third-order valence-corrected chi connectivity index (χ3v) is 7.27. The number of carbonyl (C=O) groups excluding carboxylic acids is 1. The number of anilines is 1. The summed E-state index contributed by atoms with van der Waals surface area (Å²) in [6.07, 6.45) is 3.57. The minimum absolute atomic E-state index is 0.0190. The van der Waals surface area contributed by atoms with Crippen LogP contribution in [0, 0.1) is 11.6 Å². The average molecular weight is 601 g/mol. The molecule has 40 heavy (non-hydrogen) atoms. The Morgan fingerprint density at radius 2 is 1.70 bits per heavy atom. The predicted octanol–water partition coefficient (Wildman–Crippen LogP) is 5.39. The van der Waals surface area contributed by atoms with Crippen molar-refractivity contribution in [2.24, 2.45) is 0 Å². The molecule has 0 aliphatic carbocycles. The molecule has 5 aromatic rings. The summed E-state index contributed by atoms with van der Waals surface area (Å²) in [7, 11) is 0. The Kier molecular flexibility index (Phi) is 6.41. The number of halogens is 5. The first-order valence-corrected chi connectivity index (χ1v) is 12.8. The van der Waals surface area contributed by atoms with Crippen molar-refractivity contribution in [2.75, 3.05) is 5.32 Å². The van der Waals surface area contributed by atoms with Gasteiger partial charge < -0.3 is 5.32 Å². The van der Waals surface area contributed by atoms with Gasteiger partial charge in [-0.05, 0) is 47.5 Å². The average Bonchev–Trinajstić information content (AvgIpc) is 3.26. The molecule has 2 aromatic carbocycles. The predicted molar refractivity (Wildman–Crippen MR) is 148 cm³/mol. The molecular weight excluding hydrogens is 587 g/mol. The summed E-state index contributed by atoms with van der Waals surface area (Å²) in [5, 5.41) is 2.44. The fourth-order valence-corrected chi connectivity index (χ4v) is 5.29. The first-order chi connectivity index (χ1) is 19.1. The van der Waals surface area contributed by atoms with E-state index >= 15 is 4.39 Å². The van der Waals surface area contributed by atoms with Crippen LogP contribution in [0.15, 0.2) is 64.6 Å². The van der Waals surface area contributed by atoms with Gasteiger partial charge in [-0.1, -0.05) is 34.8 Å². The van der Waals surface area contributed by atoms with Gasteiger partial charge in [0.25, 0.3) is 5.56 Å². The number of nitrogens with one attached hydrogen (secondary N) is 1. The monoisotopic (exact) mass is 599 g/mol. The van der Waals surface area contributed by atoms with Gasteiger partial charge in [0.2, 0.25) is 5.91 Å². The van der Waals surface area contributed by atoms with E-state index in [1.165, 1.54) is 30.6 Å². The van der Waals surface area contributed by atoms with Crippen molar-refractivity contribution >= 4 is 57.3 Å². The number of benzene rings is 2. The molecular formula is C27H14Cl3F2N5O3. The van der Waals surface area contributed by atoms with Gasteiger partial charge in [-0.2, -0.15) is 0 Å². The smallest absolute Gasteiger partial charge is 0.325 e. The molecule has 6 rings (SSSR count). The highest BCUT2D eigenvalue weighted by Crippen LogP contribution is 2.37. The molecule has 8 nitrogen and oxygen atoms in total. The number of hydrogen-bond acceptors (Lipinski definition) is 5.